The van der Waals surface area contributed by atoms with Gasteiger partial charge in [0.1, 0.15) is 0 Å². The summed E-state index contributed by atoms with van der Waals surface area (Å²) in [6.07, 6.45) is 12.5. The van der Waals surface area contributed by atoms with Crippen LogP contribution in [0.1, 0.15) is 38.5 Å². The highest BCUT2D eigenvalue weighted by Crippen LogP contribution is 2.39. The van der Waals surface area contributed by atoms with E-state index in [1.807, 2.05) is 16.7 Å². The van der Waals surface area contributed by atoms with Crippen LogP contribution in [0.15, 0.2) is 95.2 Å². The van der Waals surface area contributed by atoms with Crippen molar-refractivity contribution in [3.8, 4) is 22.8 Å². The normalized spacial score (nSPS) is 19.6. The molecule has 2 saturated carbocycles. The lowest BCUT2D eigenvalue weighted by Gasteiger charge is -2.28. The minimum absolute atomic E-state index is 0.188. The smallest absolute Gasteiger partial charge is 0.219 e. The molecule has 2 aliphatic carbocycles. The Kier molecular flexibility index (Phi) is 15.7. The van der Waals surface area contributed by atoms with Gasteiger partial charge in [-0.05, 0) is 92.8 Å². The molecule has 2 aromatic carbocycles. The van der Waals surface area contributed by atoms with Crippen LogP contribution < -0.4 is 31.5 Å². The highest BCUT2D eigenvalue weighted by atomic mass is 35.5. The van der Waals surface area contributed by atoms with Crippen molar-refractivity contribution in [3.05, 3.63) is 90.7 Å². The van der Waals surface area contributed by atoms with Gasteiger partial charge >= 0.3 is 0 Å². The van der Waals surface area contributed by atoms with Gasteiger partial charge in [-0.25, -0.2) is 66.7 Å². The van der Waals surface area contributed by atoms with Gasteiger partial charge in [0.05, 0.1) is 57.8 Å². The topological polar surface area (TPSA) is 299 Å². The van der Waals surface area contributed by atoms with E-state index in [9.17, 15) is 16.8 Å². The van der Waals surface area contributed by atoms with Gasteiger partial charge < -0.3 is 41.0 Å². The molecule has 4 aliphatic heterocycles. The number of imidazole rings is 2. The fraction of sp³-hybridized carbons (Fsp3) is 0.444. The maximum absolute atomic E-state index is 13.4. The first-order valence-electron chi connectivity index (χ1n) is 27.4. The predicted molar refractivity (Wildman–Crippen MR) is 307 cm³/mol. The van der Waals surface area contributed by atoms with Crippen molar-refractivity contribution in [1.82, 2.24) is 64.3 Å². The summed E-state index contributed by atoms with van der Waals surface area (Å²) in [5.41, 5.74) is 15.6. The first-order chi connectivity index (χ1) is 39.4. The van der Waals surface area contributed by atoms with Crippen LogP contribution in [0.3, 0.4) is 0 Å². The highest BCUT2D eigenvalue weighted by Gasteiger charge is 2.38. The summed E-state index contributed by atoms with van der Waals surface area (Å²) < 4.78 is 66.1. The number of ether oxygens (including phenoxy) is 2. The third-order valence-electron chi connectivity index (χ3n) is 15.3. The average molecular weight is 1160 g/mol. The van der Waals surface area contributed by atoms with Gasteiger partial charge in [-0.15, -0.1) is 0 Å². The van der Waals surface area contributed by atoms with Crippen LogP contribution >= 0.6 is 11.6 Å². The van der Waals surface area contributed by atoms with E-state index < -0.39 is 24.9 Å². The Bertz CT molecular complexity index is 3730. The second-order valence-electron chi connectivity index (χ2n) is 21.0. The van der Waals surface area contributed by atoms with E-state index in [4.69, 9.17) is 57.5 Å². The van der Waals surface area contributed by atoms with E-state index in [-0.39, 0.29) is 17.1 Å². The zero-order chi connectivity index (χ0) is 55.7. The second kappa shape index (κ2) is 23.3. The number of sulfone groups is 2. The van der Waals surface area contributed by atoms with Crippen LogP contribution in [0.5, 0.6) is 0 Å². The fourth-order valence-electron chi connectivity index (χ4n) is 10.4. The Morgan fingerprint density at radius 2 is 1.01 bits per heavy atom. The summed E-state index contributed by atoms with van der Waals surface area (Å²) in [4.78, 5) is 52.9. The molecular weight excluding hydrogens is 1100 g/mol. The van der Waals surface area contributed by atoms with E-state index in [2.05, 4.69) is 49.5 Å². The van der Waals surface area contributed by atoms with E-state index >= 15 is 0 Å². The van der Waals surface area contributed by atoms with Crippen molar-refractivity contribution in [2.75, 3.05) is 105 Å². The Labute approximate surface area is 473 Å². The number of aromatic nitrogens is 12. The molecule has 424 valence electrons. The number of benzene rings is 2. The molecule has 8 aromatic rings. The third-order valence-corrected chi connectivity index (χ3v) is 20.0. The number of hydrogen-bond donors (Lipinski definition) is 3. The number of nitrogens with two attached hydrogens (primary N) is 2. The van der Waals surface area contributed by atoms with Crippen molar-refractivity contribution in [1.29, 1.82) is 0 Å². The first-order valence-corrected chi connectivity index (χ1v) is 30.9. The van der Waals surface area contributed by atoms with Crippen LogP contribution in [0, 0.1) is 11.8 Å². The van der Waals surface area contributed by atoms with Crippen LogP contribution in [0.25, 0.3) is 45.1 Å². The fourth-order valence-corrected chi connectivity index (χ4v) is 14.1. The summed E-state index contributed by atoms with van der Waals surface area (Å²) in [5, 5.41) is 2.77. The molecule has 4 saturated heterocycles. The van der Waals surface area contributed by atoms with E-state index in [1.54, 1.807) is 73.3 Å². The summed E-state index contributed by atoms with van der Waals surface area (Å²) in [5.74, 6) is 4.90. The SMILES string of the molecule is Nc1ncc(-c2nc(N3CCOCC3)c3nc(Cl)n(CC4CC4)c3n2)cn1.Nc1ncc(-c2nc(N3CCOCC3)c3nc(N4CCC(S(=O)(=O)c5ccccc5)C4)n(CC4CC4)c3n2)cn1.O=S(=O)(c1ccccc1)C1CCNC1. The maximum atomic E-state index is 13.4. The number of fused-ring (bicyclic) bond motifs is 2. The minimum Gasteiger partial charge on any atom is -0.378 e. The van der Waals surface area contributed by atoms with Gasteiger partial charge in [-0.2, -0.15) is 0 Å². The molecule has 6 aliphatic rings. The van der Waals surface area contributed by atoms with Crippen molar-refractivity contribution < 1.29 is 26.3 Å². The predicted octanol–water partition coefficient (Wildman–Crippen LogP) is 4.75. The Balaban J connectivity index is 0.000000136. The molecular formula is C54H63ClN18O6S2. The molecule has 2 unspecified atom stereocenters. The molecule has 10 heterocycles. The largest absolute Gasteiger partial charge is 0.378 e. The number of nitrogen functional groups attached to an aromatic ring is 2. The van der Waals surface area contributed by atoms with E-state index in [0.717, 1.165) is 86.4 Å². The quantitative estimate of drug-likeness (QED) is 0.131. The summed E-state index contributed by atoms with van der Waals surface area (Å²) in [7, 11) is -6.56. The van der Waals surface area contributed by atoms with Crippen LogP contribution in [0.2, 0.25) is 5.28 Å². The van der Waals surface area contributed by atoms with Gasteiger partial charge in [-0.1, -0.05) is 36.4 Å². The van der Waals surface area contributed by atoms with Crippen LogP contribution in [-0.2, 0) is 42.2 Å². The standard InChI is InChI=1S/C27H31N9O3S.C17H19ClN8O.C10H13NO2S/c28-26-29-14-19(15-30-26)23-32-24(34-10-12-39-13-11-34)22-25(33-23)36(16-18-6-7-18)27(31-22)35-9-8-21(17-35)40(37,38)20-4-2-1-3-5-20;18-16-22-12-14(25-3-5-27-6-4-25)23-13(11-7-20-17(19)21-8-11)24-15(12)26(16)9-10-1-2-10;12-14(13,10-6-7-11-8-10)9-4-2-1-3-5-9/h1-5,14-15,18,21H,6-13,16-17H2,(H2,28,29,30);7-8,10H,1-6,9H2,(H2,19,20,21);1-5,10-11H,6-8H2. The first kappa shape index (κ1) is 54.4. The zero-order valence-electron chi connectivity index (χ0n) is 44.5. The maximum Gasteiger partial charge on any atom is 0.219 e. The molecule has 5 N–H and O–H groups in total. The number of nitrogens with zero attached hydrogens (tertiary/aromatic N) is 15. The van der Waals surface area contributed by atoms with E-state index in [1.165, 1.54) is 12.8 Å². The van der Waals surface area contributed by atoms with Crippen LogP contribution in [0.4, 0.5) is 29.5 Å². The lowest BCUT2D eigenvalue weighted by Crippen LogP contribution is -2.37. The van der Waals surface area contributed by atoms with Crippen molar-refractivity contribution in [2.45, 2.75) is 71.9 Å². The number of rotatable bonds is 13. The summed E-state index contributed by atoms with van der Waals surface area (Å²) >= 11 is 6.47. The molecule has 24 nitrogen and oxygen atoms in total. The van der Waals surface area contributed by atoms with Crippen molar-refractivity contribution >= 4 is 83.1 Å². The minimum atomic E-state index is -3.46. The lowest BCUT2D eigenvalue weighted by atomic mass is 10.3. The van der Waals surface area contributed by atoms with Crippen LogP contribution in [-0.4, -0.2) is 165 Å². The molecule has 14 rings (SSSR count). The van der Waals surface area contributed by atoms with E-state index in [0.29, 0.717) is 121 Å². The molecule has 2 atom stereocenters. The number of hydrogen-bond acceptors (Lipinski definition) is 22. The highest BCUT2D eigenvalue weighted by molar-refractivity contribution is 7.92. The second-order valence-corrected chi connectivity index (χ2v) is 25.8. The number of nitrogens with one attached hydrogen (secondary N) is 1. The monoisotopic (exact) mass is 1160 g/mol. The summed E-state index contributed by atoms with van der Waals surface area (Å²) in [6, 6.07) is 17.4. The molecule has 0 spiro atoms. The number of anilines is 5. The lowest BCUT2D eigenvalue weighted by molar-refractivity contribution is 0.122. The van der Waals surface area contributed by atoms with Gasteiger partial charge in [0, 0.05) is 83.7 Å². The Hall–Kier alpha value is -7.23. The van der Waals surface area contributed by atoms with Gasteiger partial charge in [-0.3, -0.25) is 9.13 Å². The molecule has 0 bridgehead atoms. The number of morpholine rings is 2. The summed E-state index contributed by atoms with van der Waals surface area (Å²) in [6.45, 7) is 9.35. The molecule has 27 heteroatoms. The third kappa shape index (κ3) is 11.9. The molecule has 0 radical (unpaired) electrons. The van der Waals surface area contributed by atoms with Crippen molar-refractivity contribution in [2.24, 2.45) is 11.8 Å². The van der Waals surface area contributed by atoms with Gasteiger partial charge in [0.25, 0.3) is 0 Å². The van der Waals surface area contributed by atoms with Gasteiger partial charge in [0.2, 0.25) is 23.1 Å². The molecule has 6 aromatic heterocycles. The molecule has 0 amide bonds. The Morgan fingerprint density at radius 3 is 1.49 bits per heavy atom. The number of halogens is 1. The van der Waals surface area contributed by atoms with Crippen molar-refractivity contribution in [3.63, 3.8) is 0 Å². The van der Waals surface area contributed by atoms with Gasteiger partial charge in [0.15, 0.2) is 65.3 Å². The molecule has 81 heavy (non-hydrogen) atoms. The zero-order valence-corrected chi connectivity index (χ0v) is 46.9. The Morgan fingerprint density at radius 1 is 0.543 bits per heavy atom. The molecule has 6 fully saturated rings. The average Bonchev–Trinajstić information content (AvgIpc) is 4.48.